The average Bonchev–Trinajstić information content (AvgIpc) is 2.54. The minimum absolute atomic E-state index is 0.189. The molecule has 7 heteroatoms. The summed E-state index contributed by atoms with van der Waals surface area (Å²) >= 11 is 5.83. The van der Waals surface area contributed by atoms with Gasteiger partial charge in [0.15, 0.2) is 0 Å². The van der Waals surface area contributed by atoms with E-state index in [-0.39, 0.29) is 23.8 Å². The zero-order valence-electron chi connectivity index (χ0n) is 13.2. The van der Waals surface area contributed by atoms with Crippen LogP contribution in [-0.2, 0) is 24.2 Å². The molecule has 3 rings (SSSR count). The van der Waals surface area contributed by atoms with Crippen LogP contribution in [0.5, 0.6) is 0 Å². The van der Waals surface area contributed by atoms with Gasteiger partial charge in [-0.25, -0.2) is 9.37 Å². The molecule has 2 heterocycles. The van der Waals surface area contributed by atoms with Crippen LogP contribution >= 0.6 is 11.6 Å². The third-order valence-corrected chi connectivity index (χ3v) is 4.22. The second-order valence-electron chi connectivity index (χ2n) is 5.87. The number of H-pyrrole nitrogens is 1. The lowest BCUT2D eigenvalue weighted by Crippen LogP contribution is -2.42. The van der Waals surface area contributed by atoms with Crippen LogP contribution in [-0.4, -0.2) is 32.7 Å². The van der Waals surface area contributed by atoms with Crippen molar-refractivity contribution < 1.29 is 9.18 Å². The van der Waals surface area contributed by atoms with E-state index < -0.39 is 5.38 Å². The van der Waals surface area contributed by atoms with E-state index in [1.807, 2.05) is 0 Å². The molecule has 0 bridgehead atoms. The van der Waals surface area contributed by atoms with E-state index in [0.29, 0.717) is 36.5 Å². The topological polar surface area (TPSA) is 66.1 Å². The number of benzene rings is 1. The molecule has 1 amide bonds. The maximum Gasteiger partial charge on any atom is 0.256 e. The summed E-state index contributed by atoms with van der Waals surface area (Å²) in [4.78, 5) is 33.1. The Hall–Kier alpha value is -2.21. The third kappa shape index (κ3) is 3.48. The van der Waals surface area contributed by atoms with Crippen molar-refractivity contribution in [2.75, 3.05) is 6.54 Å². The zero-order chi connectivity index (χ0) is 17.3. The number of nitrogens with zero attached hydrogens (tertiary/aromatic N) is 2. The molecule has 5 nitrogen and oxygen atoms in total. The molecule has 0 aliphatic carbocycles. The monoisotopic (exact) mass is 349 g/mol. The van der Waals surface area contributed by atoms with Crippen molar-refractivity contribution in [2.24, 2.45) is 0 Å². The van der Waals surface area contributed by atoms with Crippen molar-refractivity contribution >= 4 is 17.5 Å². The molecule has 0 saturated carbocycles. The molecule has 1 aliphatic rings. The van der Waals surface area contributed by atoms with Crippen LogP contribution in [0.4, 0.5) is 4.39 Å². The summed E-state index contributed by atoms with van der Waals surface area (Å²) in [5, 5.41) is -0.620. The Labute approximate surface area is 143 Å². The van der Waals surface area contributed by atoms with E-state index in [0.717, 1.165) is 5.56 Å². The second-order valence-corrected chi connectivity index (χ2v) is 6.53. The molecule has 1 aliphatic heterocycles. The fourth-order valence-electron chi connectivity index (χ4n) is 2.84. The van der Waals surface area contributed by atoms with Crippen LogP contribution in [0.1, 0.15) is 29.6 Å². The lowest BCUT2D eigenvalue weighted by atomic mass is 10.1. The van der Waals surface area contributed by atoms with Gasteiger partial charge in [-0.2, -0.15) is 0 Å². The van der Waals surface area contributed by atoms with Gasteiger partial charge in [0.2, 0.25) is 5.91 Å². The predicted octanol–water partition coefficient (Wildman–Crippen LogP) is 2.01. The quantitative estimate of drug-likeness (QED) is 0.862. The summed E-state index contributed by atoms with van der Waals surface area (Å²) in [6.07, 6.45) is 0.854. The number of hydrogen-bond acceptors (Lipinski definition) is 3. The molecule has 1 N–H and O–H groups in total. The van der Waals surface area contributed by atoms with E-state index >= 15 is 0 Å². The maximum absolute atomic E-state index is 13.3. The van der Waals surface area contributed by atoms with Crippen molar-refractivity contribution in [3.8, 4) is 0 Å². The Balaban J connectivity index is 1.84. The molecule has 126 valence electrons. The molecule has 0 unspecified atom stereocenters. The van der Waals surface area contributed by atoms with Crippen molar-refractivity contribution in [3.05, 3.63) is 63.1 Å². The van der Waals surface area contributed by atoms with Gasteiger partial charge in [0.25, 0.3) is 5.56 Å². The number of carbonyl (C=O) groups excluding carboxylic acids is 1. The van der Waals surface area contributed by atoms with Crippen LogP contribution in [0.15, 0.2) is 29.1 Å². The highest BCUT2D eigenvalue weighted by atomic mass is 35.5. The van der Waals surface area contributed by atoms with Gasteiger partial charge in [0.05, 0.1) is 17.8 Å². The first-order valence-electron chi connectivity index (χ1n) is 7.72. The molecule has 0 radical (unpaired) electrons. The fourth-order valence-corrected chi connectivity index (χ4v) is 2.98. The highest BCUT2D eigenvalue weighted by Gasteiger charge is 2.26. The van der Waals surface area contributed by atoms with E-state index in [4.69, 9.17) is 11.6 Å². The standard InChI is InChI=1S/C17H17ClFN3O2/c1-10(18)17(24)22-6-5-14-13(9-22)16(23)21-15(20-14)8-11-3-2-4-12(19)7-11/h2-4,7,10H,5-6,8-9H2,1H3,(H,20,21,23)/t10-/m1/s1. The normalized spacial score (nSPS) is 15.0. The summed E-state index contributed by atoms with van der Waals surface area (Å²) in [6.45, 7) is 2.32. The lowest BCUT2D eigenvalue weighted by Gasteiger charge is -2.28. The smallest absolute Gasteiger partial charge is 0.256 e. The van der Waals surface area contributed by atoms with Gasteiger partial charge in [0, 0.05) is 19.4 Å². The van der Waals surface area contributed by atoms with Crippen LogP contribution in [0.2, 0.25) is 0 Å². The Morgan fingerprint density at radius 1 is 1.50 bits per heavy atom. The summed E-state index contributed by atoms with van der Waals surface area (Å²) in [7, 11) is 0. The van der Waals surface area contributed by atoms with Crippen molar-refractivity contribution in [1.82, 2.24) is 14.9 Å². The number of nitrogens with one attached hydrogen (secondary N) is 1. The Bertz CT molecular complexity index is 835. The van der Waals surface area contributed by atoms with Gasteiger partial charge in [-0.05, 0) is 24.6 Å². The number of alkyl halides is 1. The lowest BCUT2D eigenvalue weighted by molar-refractivity contribution is -0.131. The summed E-state index contributed by atoms with van der Waals surface area (Å²) in [5.74, 6) is -0.0162. The van der Waals surface area contributed by atoms with Crippen LogP contribution in [0.25, 0.3) is 0 Å². The first kappa shape index (κ1) is 16.6. The molecule has 0 spiro atoms. The molecule has 24 heavy (non-hydrogen) atoms. The molecular weight excluding hydrogens is 333 g/mol. The molecule has 2 aromatic rings. The first-order valence-corrected chi connectivity index (χ1v) is 8.16. The Morgan fingerprint density at radius 3 is 3.00 bits per heavy atom. The highest BCUT2D eigenvalue weighted by Crippen LogP contribution is 2.17. The van der Waals surface area contributed by atoms with Gasteiger partial charge >= 0.3 is 0 Å². The second kappa shape index (κ2) is 6.73. The van der Waals surface area contributed by atoms with Crippen molar-refractivity contribution in [2.45, 2.75) is 31.7 Å². The van der Waals surface area contributed by atoms with Crippen molar-refractivity contribution in [3.63, 3.8) is 0 Å². The first-order chi connectivity index (χ1) is 11.4. The number of halogens is 2. The molecule has 1 aromatic heterocycles. The van der Waals surface area contributed by atoms with E-state index in [2.05, 4.69) is 9.97 Å². The van der Waals surface area contributed by atoms with Crippen molar-refractivity contribution in [1.29, 1.82) is 0 Å². The number of aromatic amines is 1. The minimum Gasteiger partial charge on any atom is -0.336 e. The average molecular weight is 350 g/mol. The number of carbonyl (C=O) groups is 1. The van der Waals surface area contributed by atoms with Gasteiger partial charge in [-0.1, -0.05) is 12.1 Å². The number of fused-ring (bicyclic) bond motifs is 1. The van der Waals surface area contributed by atoms with E-state index in [1.54, 1.807) is 24.0 Å². The Kier molecular flexibility index (Phi) is 4.66. The summed E-state index contributed by atoms with van der Waals surface area (Å²) in [6, 6.07) is 6.19. The molecule has 0 saturated heterocycles. The summed E-state index contributed by atoms with van der Waals surface area (Å²) in [5.41, 5.74) is 1.67. The molecular formula is C17H17ClFN3O2. The zero-order valence-corrected chi connectivity index (χ0v) is 13.9. The molecule has 0 fully saturated rings. The maximum atomic E-state index is 13.3. The van der Waals surface area contributed by atoms with E-state index in [9.17, 15) is 14.0 Å². The van der Waals surface area contributed by atoms with Gasteiger partial charge in [-0.15, -0.1) is 11.6 Å². The number of aromatic nitrogens is 2. The van der Waals surface area contributed by atoms with Crippen LogP contribution in [0, 0.1) is 5.82 Å². The predicted molar refractivity (Wildman–Crippen MR) is 88.5 cm³/mol. The molecule has 1 atom stereocenters. The SMILES string of the molecule is C[C@@H](Cl)C(=O)N1CCc2nc(Cc3cccc(F)c3)[nH]c(=O)c2C1. The number of rotatable bonds is 3. The van der Waals surface area contributed by atoms with Gasteiger partial charge < -0.3 is 9.88 Å². The van der Waals surface area contributed by atoms with E-state index in [1.165, 1.54) is 12.1 Å². The summed E-state index contributed by atoms with van der Waals surface area (Å²) < 4.78 is 13.3. The fraction of sp³-hybridized carbons (Fsp3) is 0.353. The largest absolute Gasteiger partial charge is 0.336 e. The highest BCUT2D eigenvalue weighted by molar-refractivity contribution is 6.30. The third-order valence-electron chi connectivity index (χ3n) is 4.03. The van der Waals surface area contributed by atoms with Crippen LogP contribution in [0.3, 0.4) is 0 Å². The minimum atomic E-state index is -0.620. The molecule has 1 aromatic carbocycles. The number of amides is 1. The van der Waals surface area contributed by atoms with Crippen LogP contribution < -0.4 is 5.56 Å². The Morgan fingerprint density at radius 2 is 2.29 bits per heavy atom. The number of hydrogen-bond donors (Lipinski definition) is 1. The van der Waals surface area contributed by atoms with Gasteiger partial charge in [0.1, 0.15) is 17.0 Å². The van der Waals surface area contributed by atoms with Gasteiger partial charge in [-0.3, -0.25) is 9.59 Å².